The summed E-state index contributed by atoms with van der Waals surface area (Å²) >= 11 is 0. The molecule has 1 aliphatic heterocycles. The molecule has 0 aromatic heterocycles. The minimum absolute atomic E-state index is 0.167. The van der Waals surface area contributed by atoms with Crippen molar-refractivity contribution in [1.82, 2.24) is 15.5 Å². The fourth-order valence-corrected chi connectivity index (χ4v) is 3.34. The number of hydrogen-bond acceptors (Lipinski definition) is 5. The van der Waals surface area contributed by atoms with Gasteiger partial charge in [-0.15, -0.1) is 0 Å². The van der Waals surface area contributed by atoms with Crippen molar-refractivity contribution in [2.45, 2.75) is 26.3 Å². The van der Waals surface area contributed by atoms with Gasteiger partial charge in [-0.05, 0) is 43.2 Å². The predicted octanol–water partition coefficient (Wildman–Crippen LogP) is 0.903. The summed E-state index contributed by atoms with van der Waals surface area (Å²) in [7, 11) is 0. The van der Waals surface area contributed by atoms with Gasteiger partial charge in [0.15, 0.2) is 0 Å². The fourth-order valence-electron chi connectivity index (χ4n) is 3.34. The second kappa shape index (κ2) is 9.86. The molecule has 0 spiro atoms. The van der Waals surface area contributed by atoms with Crippen molar-refractivity contribution in [3.05, 3.63) is 70.3 Å². The quantitative estimate of drug-likeness (QED) is 0.502. The number of nitrogens with two attached hydrogens (primary N) is 1. The van der Waals surface area contributed by atoms with E-state index >= 15 is 0 Å². The molecular formula is C23H24N4O5. The van der Waals surface area contributed by atoms with Gasteiger partial charge in [0.1, 0.15) is 0 Å². The number of rotatable bonds is 9. The topological polar surface area (TPSA) is 139 Å². The highest BCUT2D eigenvalue weighted by atomic mass is 16.2. The number of amides is 5. The second-order valence-electron chi connectivity index (χ2n) is 7.54. The summed E-state index contributed by atoms with van der Waals surface area (Å²) in [5.74, 6) is -1.90. The number of carbonyl (C=O) groups is 5. The van der Waals surface area contributed by atoms with Crippen LogP contribution in [0.5, 0.6) is 0 Å². The average Bonchev–Trinajstić information content (AvgIpc) is 3.00. The van der Waals surface area contributed by atoms with Gasteiger partial charge in [0.2, 0.25) is 11.8 Å². The molecule has 0 aliphatic carbocycles. The maximum absolute atomic E-state index is 12.4. The van der Waals surface area contributed by atoms with E-state index in [1.54, 1.807) is 42.5 Å². The lowest BCUT2D eigenvalue weighted by molar-refractivity contribution is -0.121. The van der Waals surface area contributed by atoms with Crippen LogP contribution in [0.1, 0.15) is 55.0 Å². The van der Waals surface area contributed by atoms with E-state index < -0.39 is 11.8 Å². The van der Waals surface area contributed by atoms with Gasteiger partial charge in [-0.25, -0.2) is 0 Å². The number of imide groups is 1. The molecule has 9 heteroatoms. The molecule has 0 unspecified atom stereocenters. The summed E-state index contributed by atoms with van der Waals surface area (Å²) < 4.78 is 0. The summed E-state index contributed by atoms with van der Waals surface area (Å²) in [5, 5.41) is 5.17. The number of hydrogen-bond donors (Lipinski definition) is 3. The number of fused-ring (bicyclic) bond motifs is 1. The summed E-state index contributed by atoms with van der Waals surface area (Å²) in [6.45, 7) is 2.07. The molecule has 0 fully saturated rings. The standard InChI is InChI=1S/C23H24N4O5/c1-14-4-9-17-18(11-14)23(32)27(22(17)31)10-2-3-20(29)25-12-15-5-7-16(8-6-15)21(30)26-13-19(24)28/h4-9,11H,2-3,10,12-13H2,1H3,(H2,24,28)(H,25,29)(H,26,30). The molecule has 166 valence electrons. The average molecular weight is 436 g/mol. The molecular weight excluding hydrogens is 412 g/mol. The Kier molecular flexibility index (Phi) is 6.99. The molecule has 2 aromatic rings. The molecule has 2 aromatic carbocycles. The van der Waals surface area contributed by atoms with E-state index in [-0.39, 0.29) is 43.8 Å². The van der Waals surface area contributed by atoms with E-state index in [1.165, 1.54) is 4.90 Å². The molecule has 3 rings (SSSR count). The summed E-state index contributed by atoms with van der Waals surface area (Å²) in [6, 6.07) is 11.7. The van der Waals surface area contributed by atoms with E-state index in [9.17, 15) is 24.0 Å². The first kappa shape index (κ1) is 22.7. The zero-order valence-corrected chi connectivity index (χ0v) is 17.6. The monoisotopic (exact) mass is 436 g/mol. The first-order valence-electron chi connectivity index (χ1n) is 10.1. The lowest BCUT2D eigenvalue weighted by atomic mass is 10.1. The van der Waals surface area contributed by atoms with Gasteiger partial charge in [-0.1, -0.05) is 23.8 Å². The number of nitrogens with one attached hydrogen (secondary N) is 2. The Morgan fingerprint density at radius 2 is 1.62 bits per heavy atom. The Morgan fingerprint density at radius 3 is 2.31 bits per heavy atom. The molecule has 0 saturated heterocycles. The molecule has 4 N–H and O–H groups in total. The smallest absolute Gasteiger partial charge is 0.261 e. The van der Waals surface area contributed by atoms with Crippen LogP contribution in [-0.4, -0.2) is 47.5 Å². The molecule has 0 saturated carbocycles. The molecule has 0 radical (unpaired) electrons. The van der Waals surface area contributed by atoms with Crippen LogP contribution in [0.4, 0.5) is 0 Å². The zero-order valence-electron chi connectivity index (χ0n) is 17.6. The maximum atomic E-state index is 12.4. The third-order valence-corrected chi connectivity index (χ3v) is 5.04. The number of nitrogens with zero attached hydrogens (tertiary/aromatic N) is 1. The van der Waals surface area contributed by atoms with Gasteiger partial charge in [0.05, 0.1) is 17.7 Å². The highest BCUT2D eigenvalue weighted by Gasteiger charge is 2.34. The third-order valence-electron chi connectivity index (χ3n) is 5.04. The van der Waals surface area contributed by atoms with Gasteiger partial charge >= 0.3 is 0 Å². The van der Waals surface area contributed by atoms with Crippen LogP contribution in [0, 0.1) is 6.92 Å². The maximum Gasteiger partial charge on any atom is 0.261 e. The van der Waals surface area contributed by atoms with Gasteiger partial charge < -0.3 is 16.4 Å². The van der Waals surface area contributed by atoms with Crippen LogP contribution < -0.4 is 16.4 Å². The zero-order chi connectivity index (χ0) is 23.3. The highest BCUT2D eigenvalue weighted by Crippen LogP contribution is 2.24. The van der Waals surface area contributed by atoms with Crippen molar-refractivity contribution in [3.63, 3.8) is 0 Å². The predicted molar refractivity (Wildman–Crippen MR) is 116 cm³/mol. The number of primary amides is 1. The highest BCUT2D eigenvalue weighted by molar-refractivity contribution is 6.21. The Labute approximate surface area is 185 Å². The van der Waals surface area contributed by atoms with Crippen molar-refractivity contribution in [1.29, 1.82) is 0 Å². The minimum atomic E-state index is -0.629. The fraction of sp³-hybridized carbons (Fsp3) is 0.261. The molecule has 32 heavy (non-hydrogen) atoms. The van der Waals surface area contributed by atoms with Crippen molar-refractivity contribution < 1.29 is 24.0 Å². The summed E-state index contributed by atoms with van der Waals surface area (Å²) in [5.41, 5.74) is 7.87. The van der Waals surface area contributed by atoms with Crippen molar-refractivity contribution in [2.24, 2.45) is 5.73 Å². The van der Waals surface area contributed by atoms with Crippen LogP contribution >= 0.6 is 0 Å². The molecule has 0 atom stereocenters. The van der Waals surface area contributed by atoms with E-state index in [0.29, 0.717) is 23.1 Å². The summed E-state index contributed by atoms with van der Waals surface area (Å²) in [4.78, 5) is 60.7. The Morgan fingerprint density at radius 1 is 0.938 bits per heavy atom. The second-order valence-corrected chi connectivity index (χ2v) is 7.54. The van der Waals surface area contributed by atoms with Gasteiger partial charge in [0, 0.05) is 25.1 Å². The van der Waals surface area contributed by atoms with E-state index in [2.05, 4.69) is 10.6 Å². The number of carbonyl (C=O) groups excluding carboxylic acids is 5. The normalized spacial score (nSPS) is 12.5. The van der Waals surface area contributed by atoms with Gasteiger partial charge in [-0.2, -0.15) is 0 Å². The lowest BCUT2D eigenvalue weighted by Gasteiger charge is -2.13. The molecule has 1 heterocycles. The van der Waals surface area contributed by atoms with Crippen LogP contribution in [0.15, 0.2) is 42.5 Å². The molecule has 5 amide bonds. The van der Waals surface area contributed by atoms with Crippen LogP contribution in [0.2, 0.25) is 0 Å². The number of aryl methyl sites for hydroxylation is 1. The van der Waals surface area contributed by atoms with Gasteiger partial charge in [0.25, 0.3) is 17.7 Å². The first-order valence-corrected chi connectivity index (χ1v) is 10.1. The van der Waals surface area contributed by atoms with Crippen molar-refractivity contribution >= 4 is 29.5 Å². The molecule has 0 bridgehead atoms. The lowest BCUT2D eigenvalue weighted by Crippen LogP contribution is -2.33. The van der Waals surface area contributed by atoms with E-state index in [0.717, 1.165) is 11.1 Å². The SMILES string of the molecule is Cc1ccc2c(c1)C(=O)N(CCCC(=O)NCc1ccc(C(=O)NCC(N)=O)cc1)C2=O. The van der Waals surface area contributed by atoms with E-state index in [4.69, 9.17) is 5.73 Å². The van der Waals surface area contributed by atoms with Gasteiger partial charge in [-0.3, -0.25) is 28.9 Å². The summed E-state index contributed by atoms with van der Waals surface area (Å²) in [6.07, 6.45) is 0.523. The van der Waals surface area contributed by atoms with Crippen LogP contribution in [0.25, 0.3) is 0 Å². The Bertz CT molecular complexity index is 1080. The van der Waals surface area contributed by atoms with Crippen molar-refractivity contribution in [3.8, 4) is 0 Å². The van der Waals surface area contributed by atoms with Crippen LogP contribution in [0.3, 0.4) is 0 Å². The molecule has 1 aliphatic rings. The van der Waals surface area contributed by atoms with Crippen molar-refractivity contribution in [2.75, 3.05) is 13.1 Å². The first-order chi connectivity index (χ1) is 15.3. The molecule has 9 nitrogen and oxygen atoms in total. The minimum Gasteiger partial charge on any atom is -0.368 e. The Balaban J connectivity index is 1.42. The van der Waals surface area contributed by atoms with E-state index in [1.807, 2.05) is 6.92 Å². The Hall–Kier alpha value is -4.01. The largest absolute Gasteiger partial charge is 0.368 e. The number of benzene rings is 2. The third kappa shape index (κ3) is 5.37. The van der Waals surface area contributed by atoms with Crippen LogP contribution in [-0.2, 0) is 16.1 Å².